The molecule has 0 atom stereocenters. The smallest absolute Gasteiger partial charge is 0.0820 e. The topological polar surface area (TPSA) is 50.9 Å². The summed E-state index contributed by atoms with van der Waals surface area (Å²) in [5.74, 6) is 0. The Bertz CT molecular complexity index is 310. The third kappa shape index (κ3) is 3.36. The van der Waals surface area contributed by atoms with E-state index in [9.17, 15) is 0 Å². The molecule has 1 aromatic rings. The lowest BCUT2D eigenvalue weighted by molar-refractivity contribution is 0.418. The first-order valence-corrected chi connectivity index (χ1v) is 5.61. The summed E-state index contributed by atoms with van der Waals surface area (Å²) >= 11 is 5.97. The van der Waals surface area contributed by atoms with Gasteiger partial charge in [0.25, 0.3) is 0 Å². The van der Waals surface area contributed by atoms with Crippen molar-refractivity contribution >= 4 is 17.3 Å². The summed E-state index contributed by atoms with van der Waals surface area (Å²) in [4.78, 5) is 3.93. The summed E-state index contributed by atoms with van der Waals surface area (Å²) in [7, 11) is 0. The number of rotatable bonds is 5. The Morgan fingerprint density at radius 3 is 2.67 bits per heavy atom. The van der Waals surface area contributed by atoms with Crippen LogP contribution in [-0.2, 0) is 0 Å². The number of nitrogens with zero attached hydrogens (tertiary/aromatic N) is 1. The minimum atomic E-state index is -0.160. The Morgan fingerprint density at radius 1 is 1.47 bits per heavy atom. The molecule has 4 heteroatoms. The Kier molecular flexibility index (Phi) is 4.36. The average molecular weight is 228 g/mol. The molecule has 0 amide bonds. The summed E-state index contributed by atoms with van der Waals surface area (Å²) in [6.07, 6.45) is 5.22. The largest absolute Gasteiger partial charge is 0.382 e. The maximum atomic E-state index is 6.17. The Morgan fingerprint density at radius 2 is 2.13 bits per heavy atom. The van der Waals surface area contributed by atoms with Crippen molar-refractivity contribution in [2.24, 2.45) is 5.73 Å². The monoisotopic (exact) mass is 227 g/mol. The first-order valence-electron chi connectivity index (χ1n) is 5.23. The van der Waals surface area contributed by atoms with E-state index >= 15 is 0 Å². The number of anilines is 1. The van der Waals surface area contributed by atoms with E-state index in [4.69, 9.17) is 17.3 Å². The predicted octanol–water partition coefficient (Wildman–Crippen LogP) is 2.66. The zero-order valence-electron chi connectivity index (χ0n) is 9.26. The molecular formula is C11H18ClN3. The molecule has 0 bridgehead atoms. The lowest BCUT2D eigenvalue weighted by Crippen LogP contribution is -2.45. The molecule has 0 unspecified atom stereocenters. The lowest BCUT2D eigenvalue weighted by atomic mass is 9.94. The molecule has 0 aliphatic heterocycles. The number of nitrogens with two attached hydrogens (primary N) is 1. The van der Waals surface area contributed by atoms with Crippen molar-refractivity contribution in [1.82, 2.24) is 4.98 Å². The number of hydrogen-bond acceptors (Lipinski definition) is 3. The van der Waals surface area contributed by atoms with Crippen LogP contribution in [0.25, 0.3) is 0 Å². The molecule has 0 aliphatic carbocycles. The van der Waals surface area contributed by atoms with Crippen LogP contribution in [0.15, 0.2) is 18.5 Å². The minimum absolute atomic E-state index is 0.160. The van der Waals surface area contributed by atoms with Gasteiger partial charge >= 0.3 is 0 Å². The van der Waals surface area contributed by atoms with Gasteiger partial charge in [0.1, 0.15) is 0 Å². The van der Waals surface area contributed by atoms with Crippen LogP contribution in [0.5, 0.6) is 0 Å². The summed E-state index contributed by atoms with van der Waals surface area (Å²) < 4.78 is 0. The van der Waals surface area contributed by atoms with Gasteiger partial charge in [-0.05, 0) is 18.9 Å². The molecule has 84 valence electrons. The van der Waals surface area contributed by atoms with E-state index in [2.05, 4.69) is 24.1 Å². The van der Waals surface area contributed by atoms with E-state index in [1.165, 1.54) is 0 Å². The second kappa shape index (κ2) is 5.33. The van der Waals surface area contributed by atoms with E-state index in [0.29, 0.717) is 5.02 Å². The average Bonchev–Trinajstić information content (AvgIpc) is 2.28. The van der Waals surface area contributed by atoms with E-state index in [1.54, 1.807) is 12.4 Å². The van der Waals surface area contributed by atoms with Gasteiger partial charge in [-0.3, -0.25) is 4.98 Å². The fraction of sp³-hybridized carbons (Fsp3) is 0.545. The Hall–Kier alpha value is -0.800. The molecule has 1 aromatic heterocycles. The number of halogens is 1. The molecule has 0 radical (unpaired) electrons. The highest BCUT2D eigenvalue weighted by Gasteiger charge is 2.19. The molecule has 0 fully saturated rings. The van der Waals surface area contributed by atoms with Gasteiger partial charge in [-0.2, -0.15) is 0 Å². The lowest BCUT2D eigenvalue weighted by Gasteiger charge is -2.27. The SMILES string of the molecule is CCC(N)(CC)CNc1ccncc1Cl. The van der Waals surface area contributed by atoms with Gasteiger partial charge in [0.05, 0.1) is 10.7 Å². The second-order valence-corrected chi connectivity index (χ2v) is 4.19. The van der Waals surface area contributed by atoms with Gasteiger partial charge in [0.15, 0.2) is 0 Å². The van der Waals surface area contributed by atoms with E-state index in [-0.39, 0.29) is 5.54 Å². The Balaban J connectivity index is 2.61. The highest BCUT2D eigenvalue weighted by atomic mass is 35.5. The Labute approximate surface area is 96.0 Å². The quantitative estimate of drug-likeness (QED) is 0.813. The van der Waals surface area contributed by atoms with Gasteiger partial charge in [-0.15, -0.1) is 0 Å². The van der Waals surface area contributed by atoms with Crippen molar-refractivity contribution in [2.45, 2.75) is 32.2 Å². The van der Waals surface area contributed by atoms with Crippen LogP contribution in [0.1, 0.15) is 26.7 Å². The van der Waals surface area contributed by atoms with Crippen molar-refractivity contribution in [3.63, 3.8) is 0 Å². The van der Waals surface area contributed by atoms with Crippen LogP contribution >= 0.6 is 11.6 Å². The molecule has 3 N–H and O–H groups in total. The third-order valence-electron chi connectivity index (χ3n) is 2.81. The fourth-order valence-electron chi connectivity index (χ4n) is 1.29. The number of nitrogens with one attached hydrogen (secondary N) is 1. The van der Waals surface area contributed by atoms with Crippen LogP contribution < -0.4 is 11.1 Å². The molecule has 15 heavy (non-hydrogen) atoms. The van der Waals surface area contributed by atoms with Crippen molar-refractivity contribution in [3.05, 3.63) is 23.5 Å². The van der Waals surface area contributed by atoms with Gasteiger partial charge in [-0.25, -0.2) is 0 Å². The number of hydrogen-bond donors (Lipinski definition) is 2. The van der Waals surface area contributed by atoms with Gasteiger partial charge in [0.2, 0.25) is 0 Å². The maximum Gasteiger partial charge on any atom is 0.0820 e. The molecule has 0 aliphatic rings. The zero-order valence-corrected chi connectivity index (χ0v) is 10.0. The molecule has 0 aromatic carbocycles. The second-order valence-electron chi connectivity index (χ2n) is 3.78. The van der Waals surface area contributed by atoms with Crippen LogP contribution in [-0.4, -0.2) is 17.1 Å². The molecule has 0 saturated carbocycles. The molecular weight excluding hydrogens is 210 g/mol. The van der Waals surface area contributed by atoms with Crippen molar-refractivity contribution in [3.8, 4) is 0 Å². The van der Waals surface area contributed by atoms with Gasteiger partial charge in [-0.1, -0.05) is 25.4 Å². The van der Waals surface area contributed by atoms with Crippen molar-refractivity contribution in [2.75, 3.05) is 11.9 Å². The van der Waals surface area contributed by atoms with E-state index in [1.807, 2.05) is 6.07 Å². The minimum Gasteiger partial charge on any atom is -0.382 e. The highest BCUT2D eigenvalue weighted by molar-refractivity contribution is 6.33. The molecule has 1 heterocycles. The number of aromatic nitrogens is 1. The summed E-state index contributed by atoms with van der Waals surface area (Å²) in [5, 5.41) is 3.89. The van der Waals surface area contributed by atoms with Crippen LogP contribution in [0.3, 0.4) is 0 Å². The summed E-state index contributed by atoms with van der Waals surface area (Å²) in [5.41, 5.74) is 6.91. The van der Waals surface area contributed by atoms with Gasteiger partial charge in [0, 0.05) is 24.5 Å². The van der Waals surface area contributed by atoms with Crippen LogP contribution in [0, 0.1) is 0 Å². The molecule has 3 nitrogen and oxygen atoms in total. The van der Waals surface area contributed by atoms with E-state index < -0.39 is 0 Å². The van der Waals surface area contributed by atoms with Crippen LogP contribution in [0.2, 0.25) is 5.02 Å². The fourth-order valence-corrected chi connectivity index (χ4v) is 1.48. The predicted molar refractivity (Wildman–Crippen MR) is 65.2 cm³/mol. The zero-order chi connectivity index (χ0) is 11.3. The van der Waals surface area contributed by atoms with Gasteiger partial charge < -0.3 is 11.1 Å². The van der Waals surface area contributed by atoms with Crippen molar-refractivity contribution in [1.29, 1.82) is 0 Å². The van der Waals surface area contributed by atoms with Crippen LogP contribution in [0.4, 0.5) is 5.69 Å². The standard InChI is InChI=1S/C11H18ClN3/c1-3-11(13,4-2)8-15-10-5-6-14-7-9(10)12/h5-7H,3-4,8,13H2,1-2H3,(H,14,15). The molecule has 0 spiro atoms. The van der Waals surface area contributed by atoms with Crippen molar-refractivity contribution < 1.29 is 0 Å². The summed E-state index contributed by atoms with van der Waals surface area (Å²) in [6.45, 7) is 4.92. The highest BCUT2D eigenvalue weighted by Crippen LogP contribution is 2.20. The molecule has 0 saturated heterocycles. The first kappa shape index (κ1) is 12.3. The van der Waals surface area contributed by atoms with E-state index in [0.717, 1.165) is 25.1 Å². The summed E-state index contributed by atoms with van der Waals surface area (Å²) in [6, 6.07) is 1.86. The normalized spacial score (nSPS) is 11.5. The first-order chi connectivity index (χ1) is 7.11. The number of pyridine rings is 1. The maximum absolute atomic E-state index is 6.17. The third-order valence-corrected chi connectivity index (χ3v) is 3.11. The molecule has 1 rings (SSSR count).